The van der Waals surface area contributed by atoms with Crippen LogP contribution in [0.25, 0.3) is 11.8 Å². The van der Waals surface area contributed by atoms with E-state index in [1.807, 2.05) is 35.9 Å². The van der Waals surface area contributed by atoms with Gasteiger partial charge >= 0.3 is 0 Å². The van der Waals surface area contributed by atoms with Crippen molar-refractivity contribution >= 4 is 23.5 Å². The van der Waals surface area contributed by atoms with Gasteiger partial charge in [0, 0.05) is 18.4 Å². The zero-order chi connectivity index (χ0) is 25.1. The van der Waals surface area contributed by atoms with Gasteiger partial charge in [-0.15, -0.1) is 0 Å². The number of methoxy groups -OCH3 is 1. The lowest BCUT2D eigenvalue weighted by Gasteiger charge is -2.39. The summed E-state index contributed by atoms with van der Waals surface area (Å²) in [6.45, 7) is 3.08. The number of amidine groups is 1. The SMILES string of the molecule is COc1cc(/C=C2\CCCN3C2=NOC[C@@H]3CC(=O)Nc2ccc(F)cc2)ccc1-n1cnc(C)c1. The van der Waals surface area contributed by atoms with Crippen LogP contribution in [0.2, 0.25) is 0 Å². The molecule has 1 atom stereocenters. The Morgan fingerprint density at radius 2 is 2.11 bits per heavy atom. The number of hydrogen-bond acceptors (Lipinski definition) is 6. The summed E-state index contributed by atoms with van der Waals surface area (Å²) < 4.78 is 20.7. The summed E-state index contributed by atoms with van der Waals surface area (Å²) in [7, 11) is 1.66. The molecule has 9 heteroatoms. The van der Waals surface area contributed by atoms with Gasteiger partial charge in [-0.1, -0.05) is 11.2 Å². The monoisotopic (exact) mass is 489 g/mol. The number of nitrogens with zero attached hydrogens (tertiary/aromatic N) is 4. The second kappa shape index (κ2) is 10.2. The summed E-state index contributed by atoms with van der Waals surface area (Å²) in [5.74, 6) is 1.01. The highest BCUT2D eigenvalue weighted by molar-refractivity contribution is 6.03. The molecule has 0 spiro atoms. The van der Waals surface area contributed by atoms with Crippen LogP contribution in [0.4, 0.5) is 10.1 Å². The Bertz CT molecular complexity index is 1320. The van der Waals surface area contributed by atoms with E-state index < -0.39 is 0 Å². The number of hydrogen-bond donors (Lipinski definition) is 1. The van der Waals surface area contributed by atoms with Crippen LogP contribution < -0.4 is 10.1 Å². The minimum absolute atomic E-state index is 0.136. The Balaban J connectivity index is 1.32. The number of aryl methyl sites for hydroxylation is 1. The van der Waals surface area contributed by atoms with Crippen molar-refractivity contribution in [2.75, 3.05) is 25.6 Å². The summed E-state index contributed by atoms with van der Waals surface area (Å²) in [5, 5.41) is 7.18. The smallest absolute Gasteiger partial charge is 0.226 e. The van der Waals surface area contributed by atoms with Crippen LogP contribution in [0.5, 0.6) is 5.75 Å². The lowest BCUT2D eigenvalue weighted by atomic mass is 9.97. The molecular formula is C27H28FN5O3. The van der Waals surface area contributed by atoms with Gasteiger partial charge in [0.25, 0.3) is 0 Å². The molecule has 0 saturated carbocycles. The van der Waals surface area contributed by atoms with E-state index in [1.165, 1.54) is 12.1 Å². The predicted octanol–water partition coefficient (Wildman–Crippen LogP) is 4.55. The zero-order valence-corrected chi connectivity index (χ0v) is 20.3. The lowest BCUT2D eigenvalue weighted by Crippen LogP contribution is -2.50. The Kier molecular flexibility index (Phi) is 6.71. The average molecular weight is 490 g/mol. The number of rotatable bonds is 6. The molecule has 2 aliphatic rings. The predicted molar refractivity (Wildman–Crippen MR) is 136 cm³/mol. The zero-order valence-electron chi connectivity index (χ0n) is 20.3. The number of carbonyl (C=O) groups excluding carboxylic acids is 1. The number of carbonyl (C=O) groups is 1. The van der Waals surface area contributed by atoms with Crippen molar-refractivity contribution in [1.29, 1.82) is 0 Å². The highest BCUT2D eigenvalue weighted by Crippen LogP contribution is 2.30. The number of amides is 1. The minimum atomic E-state index is -0.341. The normalized spacial score (nSPS) is 18.3. The van der Waals surface area contributed by atoms with Gasteiger partial charge in [-0.05, 0) is 73.4 Å². The summed E-state index contributed by atoms with van der Waals surface area (Å²) in [5.41, 5.74) is 4.45. The van der Waals surface area contributed by atoms with E-state index in [2.05, 4.69) is 26.4 Å². The fraction of sp³-hybridized carbons (Fsp3) is 0.296. The summed E-state index contributed by atoms with van der Waals surface area (Å²) >= 11 is 0. The van der Waals surface area contributed by atoms with E-state index in [1.54, 1.807) is 25.6 Å². The third kappa shape index (κ3) is 5.10. The van der Waals surface area contributed by atoms with Gasteiger partial charge < -0.3 is 24.4 Å². The first-order valence-electron chi connectivity index (χ1n) is 11.9. The molecule has 2 aliphatic heterocycles. The van der Waals surface area contributed by atoms with E-state index in [0.717, 1.165) is 53.5 Å². The van der Waals surface area contributed by atoms with Crippen molar-refractivity contribution in [3.05, 3.63) is 77.6 Å². The van der Waals surface area contributed by atoms with Crippen LogP contribution in [0.15, 0.2) is 65.7 Å². The number of piperidine rings is 1. The molecule has 5 rings (SSSR count). The number of oxime groups is 1. The van der Waals surface area contributed by atoms with Crippen LogP contribution in [0.1, 0.15) is 30.5 Å². The minimum Gasteiger partial charge on any atom is -0.495 e. The van der Waals surface area contributed by atoms with Gasteiger partial charge in [-0.2, -0.15) is 0 Å². The number of ether oxygens (including phenoxy) is 1. The van der Waals surface area contributed by atoms with Gasteiger partial charge in [0.15, 0.2) is 5.84 Å². The molecule has 3 heterocycles. The van der Waals surface area contributed by atoms with Crippen molar-refractivity contribution in [3.63, 3.8) is 0 Å². The Morgan fingerprint density at radius 3 is 2.86 bits per heavy atom. The van der Waals surface area contributed by atoms with Crippen LogP contribution in [-0.4, -0.2) is 52.5 Å². The Labute approximate surface area is 209 Å². The maximum absolute atomic E-state index is 13.2. The molecule has 0 unspecified atom stereocenters. The van der Waals surface area contributed by atoms with Crippen LogP contribution >= 0.6 is 0 Å². The molecule has 3 aromatic rings. The average Bonchev–Trinajstić information content (AvgIpc) is 3.32. The van der Waals surface area contributed by atoms with Crippen molar-refractivity contribution in [1.82, 2.24) is 14.5 Å². The summed E-state index contributed by atoms with van der Waals surface area (Å²) in [4.78, 5) is 24.7. The van der Waals surface area contributed by atoms with E-state index in [-0.39, 0.29) is 24.2 Å². The van der Waals surface area contributed by atoms with Gasteiger partial charge in [-0.3, -0.25) is 4.79 Å². The first-order chi connectivity index (χ1) is 17.5. The third-order valence-corrected chi connectivity index (χ3v) is 6.35. The Morgan fingerprint density at radius 1 is 1.28 bits per heavy atom. The van der Waals surface area contributed by atoms with Gasteiger partial charge in [0.05, 0.1) is 37.3 Å². The molecule has 0 bridgehead atoms. The molecule has 36 heavy (non-hydrogen) atoms. The number of nitrogens with one attached hydrogen (secondary N) is 1. The fourth-order valence-corrected chi connectivity index (χ4v) is 4.60. The standard InChI is InChI=1S/C27H28FN5O3/c1-18-15-32(17-29-18)24-10-5-19(13-25(24)35-2)12-20-4-3-11-33-23(16-36-31-27(20)33)14-26(34)30-22-8-6-21(28)7-9-22/h5-10,12-13,15,17,23H,3-4,11,14,16H2,1-2H3,(H,30,34)/b20-12+/t23-/m0/s1. The van der Waals surface area contributed by atoms with Gasteiger partial charge in [0.2, 0.25) is 5.91 Å². The number of imidazole rings is 1. The van der Waals surface area contributed by atoms with Gasteiger partial charge in [0.1, 0.15) is 18.2 Å². The molecular weight excluding hydrogens is 461 g/mol. The van der Waals surface area contributed by atoms with E-state index in [0.29, 0.717) is 12.3 Å². The van der Waals surface area contributed by atoms with Crippen molar-refractivity contribution in [2.45, 2.75) is 32.2 Å². The number of aromatic nitrogens is 2. The molecule has 1 saturated heterocycles. The van der Waals surface area contributed by atoms with E-state index in [9.17, 15) is 9.18 Å². The van der Waals surface area contributed by atoms with E-state index in [4.69, 9.17) is 9.57 Å². The largest absolute Gasteiger partial charge is 0.495 e. The maximum atomic E-state index is 13.2. The van der Waals surface area contributed by atoms with Crippen molar-refractivity contribution in [3.8, 4) is 11.4 Å². The molecule has 1 aromatic heterocycles. The second-order valence-corrected chi connectivity index (χ2v) is 8.94. The second-order valence-electron chi connectivity index (χ2n) is 8.94. The maximum Gasteiger partial charge on any atom is 0.226 e. The fourth-order valence-electron chi connectivity index (χ4n) is 4.60. The summed E-state index contributed by atoms with van der Waals surface area (Å²) in [6.07, 6.45) is 7.88. The number of halogens is 1. The number of fused-ring (bicyclic) bond motifs is 1. The molecule has 1 N–H and O–H groups in total. The molecule has 0 aliphatic carbocycles. The molecule has 0 radical (unpaired) electrons. The molecule has 2 aromatic carbocycles. The van der Waals surface area contributed by atoms with Crippen LogP contribution in [0, 0.1) is 12.7 Å². The molecule has 8 nitrogen and oxygen atoms in total. The van der Waals surface area contributed by atoms with Crippen molar-refractivity contribution < 1.29 is 18.8 Å². The molecule has 1 amide bonds. The number of benzene rings is 2. The summed E-state index contributed by atoms with van der Waals surface area (Å²) in [6, 6.07) is 11.6. The first-order valence-corrected chi connectivity index (χ1v) is 11.9. The van der Waals surface area contributed by atoms with E-state index >= 15 is 0 Å². The Hall–Kier alpha value is -4.14. The quantitative estimate of drug-likeness (QED) is 0.550. The van der Waals surface area contributed by atoms with Gasteiger partial charge in [-0.25, -0.2) is 9.37 Å². The third-order valence-electron chi connectivity index (χ3n) is 6.35. The molecule has 1 fully saturated rings. The highest BCUT2D eigenvalue weighted by atomic mass is 19.1. The highest BCUT2D eigenvalue weighted by Gasteiger charge is 2.33. The van der Waals surface area contributed by atoms with Crippen LogP contribution in [-0.2, 0) is 9.63 Å². The van der Waals surface area contributed by atoms with Crippen molar-refractivity contribution in [2.24, 2.45) is 5.16 Å². The first kappa shape index (κ1) is 23.6. The van der Waals surface area contributed by atoms with Crippen LogP contribution in [0.3, 0.4) is 0 Å². The molecule has 186 valence electrons. The number of anilines is 1. The topological polar surface area (TPSA) is 81.0 Å². The lowest BCUT2D eigenvalue weighted by molar-refractivity contribution is -0.117.